The van der Waals surface area contributed by atoms with Crippen LogP contribution in [0.4, 0.5) is 0 Å². The van der Waals surface area contributed by atoms with E-state index in [0.29, 0.717) is 19.5 Å². The number of aliphatic hydroxyl groups excluding tert-OH is 2. The van der Waals surface area contributed by atoms with Crippen LogP contribution in [0, 0.1) is 0 Å². The molecule has 4 N–H and O–H groups in total. The monoisotopic (exact) mass is 188 g/mol. The molecule has 0 bridgehead atoms. The zero-order chi connectivity index (χ0) is 9.68. The molecule has 0 spiro atoms. The molecule has 1 amide bonds. The van der Waals surface area contributed by atoms with Crippen molar-refractivity contribution >= 4 is 5.91 Å². The molecule has 1 rings (SSSR count). The van der Waals surface area contributed by atoms with Crippen molar-refractivity contribution < 1.29 is 15.0 Å². The third kappa shape index (κ3) is 3.71. The molecular formula is C8H16N2O3. The highest BCUT2D eigenvalue weighted by molar-refractivity contribution is 5.78. The highest BCUT2D eigenvalue weighted by atomic mass is 16.3. The smallest absolute Gasteiger partial charge is 0.220 e. The number of carbonyl (C=O) groups is 1. The van der Waals surface area contributed by atoms with Crippen molar-refractivity contribution in [2.75, 3.05) is 19.7 Å². The lowest BCUT2D eigenvalue weighted by atomic mass is 10.2. The van der Waals surface area contributed by atoms with E-state index >= 15 is 0 Å². The topological polar surface area (TPSA) is 81.6 Å². The van der Waals surface area contributed by atoms with E-state index in [9.17, 15) is 4.79 Å². The van der Waals surface area contributed by atoms with Gasteiger partial charge in [-0.25, -0.2) is 0 Å². The highest BCUT2D eigenvalue weighted by Gasteiger charge is 2.19. The van der Waals surface area contributed by atoms with Gasteiger partial charge < -0.3 is 20.8 Å². The lowest BCUT2D eigenvalue weighted by Crippen LogP contribution is -2.39. The normalized spacial score (nSPS) is 24.5. The summed E-state index contributed by atoms with van der Waals surface area (Å²) >= 11 is 0. The van der Waals surface area contributed by atoms with Gasteiger partial charge in [0.15, 0.2) is 0 Å². The number of aliphatic hydroxyl groups is 2. The highest BCUT2D eigenvalue weighted by Crippen LogP contribution is 2.04. The van der Waals surface area contributed by atoms with Crippen molar-refractivity contribution in [3.8, 4) is 0 Å². The molecule has 5 heteroatoms. The molecule has 2 atom stereocenters. The van der Waals surface area contributed by atoms with Crippen LogP contribution in [0.2, 0.25) is 0 Å². The first-order valence-electron chi connectivity index (χ1n) is 4.51. The van der Waals surface area contributed by atoms with Crippen molar-refractivity contribution in [1.29, 1.82) is 0 Å². The summed E-state index contributed by atoms with van der Waals surface area (Å²) in [5.41, 5.74) is 0. The fourth-order valence-corrected chi connectivity index (χ4v) is 1.32. The first-order chi connectivity index (χ1) is 6.22. The maximum atomic E-state index is 10.8. The van der Waals surface area contributed by atoms with Gasteiger partial charge >= 0.3 is 0 Å². The van der Waals surface area contributed by atoms with Crippen molar-refractivity contribution in [2.24, 2.45) is 0 Å². The molecule has 0 aromatic heterocycles. The number of amides is 1. The molecular weight excluding hydrogens is 172 g/mol. The van der Waals surface area contributed by atoms with E-state index in [0.717, 1.165) is 6.42 Å². The summed E-state index contributed by atoms with van der Waals surface area (Å²) in [6, 6.07) is 0.179. The van der Waals surface area contributed by atoms with E-state index in [4.69, 9.17) is 10.2 Å². The fraction of sp³-hybridized carbons (Fsp3) is 0.875. The summed E-state index contributed by atoms with van der Waals surface area (Å²) in [6.07, 6.45) is 0.729. The SMILES string of the molecule is O=C1CCC(CNC[C@H](O)CO)N1. The second-order valence-electron chi connectivity index (χ2n) is 3.30. The Hall–Kier alpha value is -0.650. The molecule has 0 saturated carbocycles. The van der Waals surface area contributed by atoms with Gasteiger partial charge in [0.05, 0.1) is 12.7 Å². The molecule has 0 aromatic rings. The summed E-state index contributed by atoms with van der Waals surface area (Å²) in [7, 11) is 0. The molecule has 5 nitrogen and oxygen atoms in total. The standard InChI is InChI=1S/C8H16N2O3/c11-5-7(12)4-9-3-6-1-2-8(13)10-6/h6-7,9,11-12H,1-5H2,(H,10,13)/t6?,7-/m0/s1. The van der Waals surface area contributed by atoms with Crippen LogP contribution >= 0.6 is 0 Å². The quantitative estimate of drug-likeness (QED) is 0.410. The number of nitrogens with one attached hydrogen (secondary N) is 2. The minimum Gasteiger partial charge on any atom is -0.394 e. The number of hydrogen-bond donors (Lipinski definition) is 4. The minimum absolute atomic E-state index is 0.0921. The van der Waals surface area contributed by atoms with Gasteiger partial charge in [-0.3, -0.25) is 4.79 Å². The number of hydrogen-bond acceptors (Lipinski definition) is 4. The summed E-state index contributed by atoms with van der Waals surface area (Å²) in [5.74, 6) is 0.0921. The predicted molar refractivity (Wildman–Crippen MR) is 47.1 cm³/mol. The van der Waals surface area contributed by atoms with Crippen LogP contribution in [0.5, 0.6) is 0 Å². The molecule has 76 valence electrons. The molecule has 0 aliphatic carbocycles. The molecule has 0 radical (unpaired) electrons. The fourth-order valence-electron chi connectivity index (χ4n) is 1.32. The molecule has 13 heavy (non-hydrogen) atoms. The lowest BCUT2D eigenvalue weighted by Gasteiger charge is -2.13. The Kier molecular flexibility index (Phi) is 4.14. The number of rotatable bonds is 5. The molecule has 1 aliphatic heterocycles. The maximum absolute atomic E-state index is 10.8. The first-order valence-corrected chi connectivity index (χ1v) is 4.51. The Balaban J connectivity index is 2.03. The second-order valence-corrected chi connectivity index (χ2v) is 3.30. The van der Waals surface area contributed by atoms with Gasteiger partial charge in [0.1, 0.15) is 0 Å². The third-order valence-corrected chi connectivity index (χ3v) is 2.07. The van der Waals surface area contributed by atoms with E-state index in [1.54, 1.807) is 0 Å². The Morgan fingerprint density at radius 1 is 1.69 bits per heavy atom. The van der Waals surface area contributed by atoms with Crippen LogP contribution in [0.25, 0.3) is 0 Å². The Labute approximate surface area is 77.1 Å². The maximum Gasteiger partial charge on any atom is 0.220 e. The van der Waals surface area contributed by atoms with Crippen LogP contribution in [0.15, 0.2) is 0 Å². The van der Waals surface area contributed by atoms with Crippen LogP contribution in [-0.2, 0) is 4.79 Å². The van der Waals surface area contributed by atoms with Crippen LogP contribution in [-0.4, -0.2) is 48.0 Å². The van der Waals surface area contributed by atoms with Gasteiger partial charge in [-0.1, -0.05) is 0 Å². The van der Waals surface area contributed by atoms with Crippen molar-refractivity contribution in [2.45, 2.75) is 25.0 Å². The molecule has 1 unspecified atom stereocenters. The Morgan fingerprint density at radius 3 is 3.00 bits per heavy atom. The van der Waals surface area contributed by atoms with E-state index < -0.39 is 6.10 Å². The van der Waals surface area contributed by atoms with Gasteiger partial charge in [0, 0.05) is 25.6 Å². The Morgan fingerprint density at radius 2 is 2.46 bits per heavy atom. The summed E-state index contributed by atoms with van der Waals surface area (Å²) in [5, 5.41) is 23.3. The van der Waals surface area contributed by atoms with Crippen molar-refractivity contribution in [3.63, 3.8) is 0 Å². The van der Waals surface area contributed by atoms with Gasteiger partial charge in [-0.15, -0.1) is 0 Å². The molecule has 1 heterocycles. The summed E-state index contributed by atoms with van der Waals surface area (Å²) < 4.78 is 0. The molecule has 1 saturated heterocycles. The summed E-state index contributed by atoms with van der Waals surface area (Å²) in [6.45, 7) is 0.787. The second kappa shape index (κ2) is 5.16. The van der Waals surface area contributed by atoms with E-state index in [1.807, 2.05) is 0 Å². The van der Waals surface area contributed by atoms with E-state index in [-0.39, 0.29) is 18.6 Å². The van der Waals surface area contributed by atoms with Gasteiger partial charge in [-0.2, -0.15) is 0 Å². The van der Waals surface area contributed by atoms with Crippen LogP contribution in [0.1, 0.15) is 12.8 Å². The first kappa shape index (κ1) is 10.4. The predicted octanol–water partition coefficient (Wildman–Crippen LogP) is -1.79. The van der Waals surface area contributed by atoms with Gasteiger partial charge in [0.25, 0.3) is 0 Å². The Bertz CT molecular complexity index is 175. The average Bonchev–Trinajstić information content (AvgIpc) is 2.51. The molecule has 1 aliphatic rings. The van der Waals surface area contributed by atoms with E-state index in [1.165, 1.54) is 0 Å². The minimum atomic E-state index is -0.711. The van der Waals surface area contributed by atoms with Crippen LogP contribution < -0.4 is 10.6 Å². The largest absolute Gasteiger partial charge is 0.394 e. The zero-order valence-corrected chi connectivity index (χ0v) is 7.49. The third-order valence-electron chi connectivity index (χ3n) is 2.07. The zero-order valence-electron chi connectivity index (χ0n) is 7.49. The van der Waals surface area contributed by atoms with Crippen LogP contribution in [0.3, 0.4) is 0 Å². The lowest BCUT2D eigenvalue weighted by molar-refractivity contribution is -0.119. The number of carbonyl (C=O) groups excluding carboxylic acids is 1. The van der Waals surface area contributed by atoms with Gasteiger partial charge in [-0.05, 0) is 6.42 Å². The van der Waals surface area contributed by atoms with Crippen molar-refractivity contribution in [3.05, 3.63) is 0 Å². The molecule has 0 aromatic carbocycles. The van der Waals surface area contributed by atoms with Gasteiger partial charge in [0.2, 0.25) is 5.91 Å². The average molecular weight is 188 g/mol. The summed E-state index contributed by atoms with van der Waals surface area (Å²) in [4.78, 5) is 10.8. The van der Waals surface area contributed by atoms with E-state index in [2.05, 4.69) is 10.6 Å². The van der Waals surface area contributed by atoms with Crippen molar-refractivity contribution in [1.82, 2.24) is 10.6 Å². The molecule has 1 fully saturated rings.